The summed E-state index contributed by atoms with van der Waals surface area (Å²) in [4.78, 5) is 15.7. The Morgan fingerprint density at radius 2 is 2.00 bits per heavy atom. The molecule has 0 fully saturated rings. The maximum absolute atomic E-state index is 11.1. The van der Waals surface area contributed by atoms with Gasteiger partial charge in [-0.15, -0.1) is 11.3 Å². The number of benzene rings is 1. The molecule has 1 aromatic heterocycles. The molecule has 0 saturated heterocycles. The van der Waals surface area contributed by atoms with Crippen molar-refractivity contribution in [1.29, 1.82) is 0 Å². The van der Waals surface area contributed by atoms with E-state index in [1.165, 1.54) is 16.9 Å². The number of carboxylic acid groups (broad SMARTS) is 1. The minimum atomic E-state index is -0.916. The van der Waals surface area contributed by atoms with Crippen molar-refractivity contribution < 1.29 is 14.6 Å². The van der Waals surface area contributed by atoms with Crippen molar-refractivity contribution >= 4 is 17.3 Å². The molecule has 1 heterocycles. The first-order chi connectivity index (χ1) is 10.7. The van der Waals surface area contributed by atoms with Gasteiger partial charge in [-0.05, 0) is 36.5 Å². The number of thiazole rings is 1. The van der Waals surface area contributed by atoms with Gasteiger partial charge in [0.05, 0.1) is 17.3 Å². The van der Waals surface area contributed by atoms with Gasteiger partial charge in [0.1, 0.15) is 10.6 Å². The first-order valence-electron chi connectivity index (χ1n) is 7.62. The smallest absolute Gasteiger partial charge is 0.347 e. The minimum Gasteiger partial charge on any atom is -0.493 e. The first kappa shape index (κ1) is 17.5. The normalized spacial score (nSPS) is 11.5. The Bertz CT molecular complexity index is 714. The molecule has 1 aromatic carbocycles. The number of aromatic carboxylic acids is 1. The zero-order valence-electron chi connectivity index (χ0n) is 14.3. The van der Waals surface area contributed by atoms with Gasteiger partial charge in [0.2, 0.25) is 0 Å². The third-order valence-electron chi connectivity index (χ3n) is 3.55. The largest absolute Gasteiger partial charge is 0.493 e. The summed E-state index contributed by atoms with van der Waals surface area (Å²) in [5.41, 5.74) is 2.91. The van der Waals surface area contributed by atoms with Crippen molar-refractivity contribution in [3.05, 3.63) is 44.9 Å². The van der Waals surface area contributed by atoms with Gasteiger partial charge in [0.25, 0.3) is 0 Å². The van der Waals surface area contributed by atoms with Gasteiger partial charge in [-0.2, -0.15) is 0 Å². The number of aryl methyl sites for hydroxylation is 2. The van der Waals surface area contributed by atoms with Gasteiger partial charge in [-0.1, -0.05) is 32.9 Å². The highest BCUT2D eigenvalue weighted by molar-refractivity contribution is 7.13. The Balaban J connectivity index is 2.08. The number of nitrogens with zero attached hydrogens (tertiary/aromatic N) is 1. The fourth-order valence-corrected chi connectivity index (χ4v) is 3.26. The maximum atomic E-state index is 11.1. The van der Waals surface area contributed by atoms with E-state index >= 15 is 0 Å². The molecule has 124 valence electrons. The summed E-state index contributed by atoms with van der Waals surface area (Å²) >= 11 is 1.22. The molecule has 0 atom stereocenters. The molecule has 0 aliphatic heterocycles. The lowest BCUT2D eigenvalue weighted by Gasteiger charge is -2.23. The molecular weight excluding hydrogens is 310 g/mol. The van der Waals surface area contributed by atoms with Crippen molar-refractivity contribution in [1.82, 2.24) is 4.98 Å². The van der Waals surface area contributed by atoms with E-state index in [0.717, 1.165) is 16.3 Å². The number of ether oxygens (including phenoxy) is 1. The fraction of sp³-hybridized carbons (Fsp3) is 0.444. The van der Waals surface area contributed by atoms with Gasteiger partial charge in [-0.25, -0.2) is 9.78 Å². The van der Waals surface area contributed by atoms with Gasteiger partial charge in [0, 0.05) is 6.42 Å². The van der Waals surface area contributed by atoms with Crippen LogP contribution in [0.5, 0.6) is 5.75 Å². The molecule has 4 nitrogen and oxygen atoms in total. The Morgan fingerprint density at radius 3 is 2.57 bits per heavy atom. The summed E-state index contributed by atoms with van der Waals surface area (Å²) in [6, 6.07) is 6.26. The third-order valence-corrected chi connectivity index (χ3v) is 4.76. The van der Waals surface area contributed by atoms with Crippen LogP contribution in [-0.2, 0) is 11.8 Å². The van der Waals surface area contributed by atoms with Crippen LogP contribution in [0.4, 0.5) is 0 Å². The highest BCUT2D eigenvalue weighted by Gasteiger charge is 2.19. The van der Waals surface area contributed by atoms with Gasteiger partial charge < -0.3 is 9.84 Å². The topological polar surface area (TPSA) is 59.4 Å². The first-order valence-corrected chi connectivity index (χ1v) is 8.43. The van der Waals surface area contributed by atoms with E-state index in [4.69, 9.17) is 9.84 Å². The average molecular weight is 333 g/mol. The van der Waals surface area contributed by atoms with E-state index in [9.17, 15) is 4.79 Å². The Hall–Kier alpha value is -1.88. The molecule has 2 aromatic rings. The molecule has 0 amide bonds. The number of hydrogen-bond donors (Lipinski definition) is 1. The Kier molecular flexibility index (Phi) is 5.09. The lowest BCUT2D eigenvalue weighted by atomic mass is 9.86. The van der Waals surface area contributed by atoms with E-state index < -0.39 is 5.97 Å². The molecule has 0 aliphatic rings. The quantitative estimate of drug-likeness (QED) is 0.882. The van der Waals surface area contributed by atoms with Crippen molar-refractivity contribution in [3.63, 3.8) is 0 Å². The molecular formula is C18H23NO3S. The van der Waals surface area contributed by atoms with E-state index in [1.54, 1.807) is 6.92 Å². The van der Waals surface area contributed by atoms with Crippen molar-refractivity contribution in [2.24, 2.45) is 0 Å². The molecule has 0 spiro atoms. The average Bonchev–Trinajstić information content (AvgIpc) is 2.78. The second-order valence-electron chi connectivity index (χ2n) is 6.68. The van der Waals surface area contributed by atoms with Crippen molar-refractivity contribution in [3.8, 4) is 5.75 Å². The van der Waals surface area contributed by atoms with Crippen LogP contribution in [0.3, 0.4) is 0 Å². The van der Waals surface area contributed by atoms with E-state index in [-0.39, 0.29) is 5.41 Å². The predicted molar refractivity (Wildman–Crippen MR) is 92.9 cm³/mol. The molecule has 5 heteroatoms. The number of carbonyl (C=O) groups is 1. The molecule has 0 radical (unpaired) electrons. The monoisotopic (exact) mass is 333 g/mol. The lowest BCUT2D eigenvalue weighted by molar-refractivity contribution is 0.0701. The van der Waals surface area contributed by atoms with E-state index in [1.807, 2.05) is 6.92 Å². The Labute approximate surface area is 141 Å². The standard InChI is InChI=1S/C18H23NO3S/c1-11-6-7-13(18(3,4)5)14(10-11)22-9-8-15-19-12(2)16(23-15)17(20)21/h6-7,10H,8-9H2,1-5H3,(H,20,21). The number of aromatic nitrogens is 1. The third kappa shape index (κ3) is 4.32. The van der Waals surface area contributed by atoms with Crippen LogP contribution < -0.4 is 4.74 Å². The summed E-state index contributed by atoms with van der Waals surface area (Å²) in [7, 11) is 0. The highest BCUT2D eigenvalue weighted by atomic mass is 32.1. The Morgan fingerprint density at radius 1 is 1.30 bits per heavy atom. The van der Waals surface area contributed by atoms with Crippen molar-refractivity contribution in [2.45, 2.75) is 46.5 Å². The fourth-order valence-electron chi connectivity index (χ4n) is 2.37. The van der Waals surface area contributed by atoms with Gasteiger partial charge in [0.15, 0.2) is 0 Å². The minimum absolute atomic E-state index is 0.0112. The van der Waals surface area contributed by atoms with Crippen LogP contribution in [0.2, 0.25) is 0 Å². The van der Waals surface area contributed by atoms with Crippen LogP contribution in [-0.4, -0.2) is 22.7 Å². The molecule has 23 heavy (non-hydrogen) atoms. The van der Waals surface area contributed by atoms with Crippen LogP contribution in [0.25, 0.3) is 0 Å². The number of hydrogen-bond acceptors (Lipinski definition) is 4. The van der Waals surface area contributed by atoms with Gasteiger partial charge >= 0.3 is 5.97 Å². The molecule has 1 N–H and O–H groups in total. The van der Waals surface area contributed by atoms with E-state index in [0.29, 0.717) is 23.6 Å². The number of carboxylic acids is 1. The molecule has 2 rings (SSSR count). The zero-order chi connectivity index (χ0) is 17.2. The molecule has 0 saturated carbocycles. The summed E-state index contributed by atoms with van der Waals surface area (Å²) in [5, 5.41) is 9.87. The van der Waals surface area contributed by atoms with E-state index in [2.05, 4.69) is 44.0 Å². The second-order valence-corrected chi connectivity index (χ2v) is 7.76. The second kappa shape index (κ2) is 6.71. The van der Waals surface area contributed by atoms with Crippen LogP contribution in [0, 0.1) is 13.8 Å². The van der Waals surface area contributed by atoms with Crippen LogP contribution in [0.1, 0.15) is 52.3 Å². The SMILES string of the molecule is Cc1ccc(C(C)(C)C)c(OCCc2nc(C)c(C(=O)O)s2)c1. The van der Waals surface area contributed by atoms with Gasteiger partial charge in [-0.3, -0.25) is 0 Å². The summed E-state index contributed by atoms with van der Waals surface area (Å²) in [5.74, 6) is -0.0230. The zero-order valence-corrected chi connectivity index (χ0v) is 15.1. The van der Waals surface area contributed by atoms with Crippen LogP contribution in [0.15, 0.2) is 18.2 Å². The summed E-state index contributed by atoms with van der Waals surface area (Å²) in [6.07, 6.45) is 0.607. The highest BCUT2D eigenvalue weighted by Crippen LogP contribution is 2.32. The molecule has 0 unspecified atom stereocenters. The molecule has 0 bridgehead atoms. The lowest BCUT2D eigenvalue weighted by Crippen LogP contribution is -2.14. The van der Waals surface area contributed by atoms with Crippen molar-refractivity contribution in [2.75, 3.05) is 6.61 Å². The summed E-state index contributed by atoms with van der Waals surface area (Å²) < 4.78 is 5.98. The summed E-state index contributed by atoms with van der Waals surface area (Å²) in [6.45, 7) is 10.7. The van der Waals surface area contributed by atoms with Crippen LogP contribution >= 0.6 is 11.3 Å². The molecule has 0 aliphatic carbocycles. The number of rotatable bonds is 5. The maximum Gasteiger partial charge on any atom is 0.347 e. The predicted octanol–water partition coefficient (Wildman–Crippen LogP) is 4.38.